The molecule has 2 heterocycles. The first-order valence-electron chi connectivity index (χ1n) is 11.2. The second-order valence-corrected chi connectivity index (χ2v) is 9.32. The summed E-state index contributed by atoms with van der Waals surface area (Å²) >= 11 is 0.906. The highest BCUT2D eigenvalue weighted by Gasteiger charge is 2.38. The second-order valence-electron chi connectivity index (χ2n) is 8.36. The smallest absolute Gasteiger partial charge is 0.294 e. The summed E-state index contributed by atoms with van der Waals surface area (Å²) in [6, 6.07) is 5.85. The molecule has 1 aromatic carbocycles. The van der Waals surface area contributed by atoms with E-state index in [2.05, 4.69) is 12.2 Å². The fourth-order valence-corrected chi connectivity index (χ4v) is 4.88. The third-order valence-electron chi connectivity index (χ3n) is 5.85. The number of amides is 4. The molecule has 0 spiro atoms. The fourth-order valence-electron chi connectivity index (χ4n) is 3.90. The SMILES string of the molecule is CCCCCNC(=O)CN1C(=O)SC(=C2CCN(C(=O)c3cc(C)ccc3C)CC2)C1=O. The molecule has 0 unspecified atom stereocenters. The number of nitrogens with zero attached hydrogens (tertiary/aromatic N) is 2. The van der Waals surface area contributed by atoms with Crippen molar-refractivity contribution in [3.8, 4) is 0 Å². The summed E-state index contributed by atoms with van der Waals surface area (Å²) < 4.78 is 0. The van der Waals surface area contributed by atoms with Gasteiger partial charge in [-0.15, -0.1) is 0 Å². The first-order chi connectivity index (χ1) is 15.3. The molecule has 4 amide bonds. The van der Waals surface area contributed by atoms with Gasteiger partial charge in [0.2, 0.25) is 5.91 Å². The molecule has 0 aromatic heterocycles. The molecule has 7 nitrogen and oxygen atoms in total. The zero-order chi connectivity index (χ0) is 23.3. The van der Waals surface area contributed by atoms with Crippen LogP contribution in [0.4, 0.5) is 4.79 Å². The van der Waals surface area contributed by atoms with E-state index in [1.165, 1.54) is 0 Å². The van der Waals surface area contributed by atoms with E-state index >= 15 is 0 Å². The van der Waals surface area contributed by atoms with E-state index in [1.807, 2.05) is 32.0 Å². The van der Waals surface area contributed by atoms with Crippen molar-refractivity contribution in [3.63, 3.8) is 0 Å². The van der Waals surface area contributed by atoms with E-state index in [0.29, 0.717) is 42.9 Å². The number of nitrogens with one attached hydrogen (secondary N) is 1. The number of aryl methyl sites for hydroxylation is 2. The number of piperidine rings is 1. The molecule has 1 aromatic rings. The van der Waals surface area contributed by atoms with Gasteiger partial charge in [-0.05, 0) is 62.1 Å². The van der Waals surface area contributed by atoms with Gasteiger partial charge >= 0.3 is 0 Å². The molecule has 2 aliphatic rings. The number of thioether (sulfide) groups is 1. The Morgan fingerprint density at radius 3 is 2.50 bits per heavy atom. The van der Waals surface area contributed by atoms with Crippen molar-refractivity contribution in [1.82, 2.24) is 15.1 Å². The topological polar surface area (TPSA) is 86.8 Å². The molecule has 2 aliphatic heterocycles. The third-order valence-corrected chi connectivity index (χ3v) is 6.91. The minimum atomic E-state index is -0.407. The number of carbonyl (C=O) groups excluding carboxylic acids is 4. The lowest BCUT2D eigenvalue weighted by Gasteiger charge is -2.29. The number of benzene rings is 1. The van der Waals surface area contributed by atoms with E-state index < -0.39 is 11.1 Å². The van der Waals surface area contributed by atoms with Crippen molar-refractivity contribution in [2.24, 2.45) is 0 Å². The zero-order valence-corrected chi connectivity index (χ0v) is 19.8. The monoisotopic (exact) mass is 457 g/mol. The van der Waals surface area contributed by atoms with Gasteiger partial charge in [0.1, 0.15) is 6.54 Å². The Balaban J connectivity index is 1.59. The molecular formula is C24H31N3O4S. The second kappa shape index (κ2) is 10.8. The summed E-state index contributed by atoms with van der Waals surface area (Å²) in [5.74, 6) is -0.713. The van der Waals surface area contributed by atoms with E-state index in [4.69, 9.17) is 0 Å². The van der Waals surface area contributed by atoms with E-state index in [0.717, 1.165) is 52.6 Å². The summed E-state index contributed by atoms with van der Waals surface area (Å²) in [7, 11) is 0. The minimum absolute atomic E-state index is 0.00176. The van der Waals surface area contributed by atoms with Gasteiger partial charge in [0.15, 0.2) is 0 Å². The minimum Gasteiger partial charge on any atom is -0.355 e. The van der Waals surface area contributed by atoms with Gasteiger partial charge in [0.25, 0.3) is 17.1 Å². The molecule has 1 N–H and O–H groups in total. The van der Waals surface area contributed by atoms with E-state index in [-0.39, 0.29) is 18.4 Å². The van der Waals surface area contributed by atoms with Crippen LogP contribution in [0.3, 0.4) is 0 Å². The number of unbranched alkanes of at least 4 members (excludes halogenated alkanes) is 2. The molecule has 0 atom stereocenters. The Morgan fingerprint density at radius 2 is 1.81 bits per heavy atom. The molecule has 172 valence electrons. The normalized spacial score (nSPS) is 16.7. The Bertz CT molecular complexity index is 947. The zero-order valence-electron chi connectivity index (χ0n) is 19.0. The Kier molecular flexibility index (Phi) is 8.12. The van der Waals surface area contributed by atoms with Gasteiger partial charge in [-0.3, -0.25) is 24.1 Å². The summed E-state index contributed by atoms with van der Waals surface area (Å²) in [5.41, 5.74) is 3.59. The first kappa shape index (κ1) is 24.0. The van der Waals surface area contributed by atoms with Gasteiger partial charge in [0, 0.05) is 25.2 Å². The van der Waals surface area contributed by atoms with E-state index in [1.54, 1.807) is 4.90 Å². The van der Waals surface area contributed by atoms with Crippen LogP contribution < -0.4 is 5.32 Å². The van der Waals surface area contributed by atoms with Crippen molar-refractivity contribution in [3.05, 3.63) is 45.4 Å². The average Bonchev–Trinajstić information content (AvgIpc) is 3.06. The van der Waals surface area contributed by atoms with Crippen LogP contribution in [0.2, 0.25) is 0 Å². The quantitative estimate of drug-likeness (QED) is 0.497. The number of carbonyl (C=O) groups is 4. The lowest BCUT2D eigenvalue weighted by atomic mass is 10.00. The summed E-state index contributed by atoms with van der Waals surface area (Å²) in [4.78, 5) is 53.5. The van der Waals surface area contributed by atoms with Gasteiger partial charge in [0.05, 0.1) is 4.91 Å². The van der Waals surface area contributed by atoms with Crippen LogP contribution >= 0.6 is 11.8 Å². The maximum atomic E-state index is 12.9. The number of imide groups is 1. The molecule has 0 bridgehead atoms. The van der Waals surface area contributed by atoms with Gasteiger partial charge in [-0.25, -0.2) is 0 Å². The third kappa shape index (κ3) is 5.59. The predicted molar refractivity (Wildman–Crippen MR) is 125 cm³/mol. The van der Waals surface area contributed by atoms with Crippen LogP contribution in [0.1, 0.15) is 60.5 Å². The summed E-state index contributed by atoms with van der Waals surface area (Å²) in [5, 5.41) is 2.36. The maximum Gasteiger partial charge on any atom is 0.294 e. The van der Waals surface area contributed by atoms with Crippen LogP contribution in [0, 0.1) is 13.8 Å². The fraction of sp³-hybridized carbons (Fsp3) is 0.500. The first-order valence-corrected chi connectivity index (χ1v) is 12.0. The summed E-state index contributed by atoms with van der Waals surface area (Å²) in [6.45, 7) is 7.29. The molecule has 32 heavy (non-hydrogen) atoms. The van der Waals surface area contributed by atoms with Crippen molar-refractivity contribution < 1.29 is 19.2 Å². The van der Waals surface area contributed by atoms with Crippen molar-refractivity contribution in [1.29, 1.82) is 0 Å². The van der Waals surface area contributed by atoms with Crippen molar-refractivity contribution >= 4 is 34.7 Å². The maximum absolute atomic E-state index is 12.9. The van der Waals surface area contributed by atoms with Crippen LogP contribution in [0.15, 0.2) is 28.7 Å². The van der Waals surface area contributed by atoms with Crippen molar-refractivity contribution in [2.75, 3.05) is 26.2 Å². The number of hydrogen-bond acceptors (Lipinski definition) is 5. The average molecular weight is 458 g/mol. The van der Waals surface area contributed by atoms with Gasteiger partial charge in [-0.1, -0.05) is 37.5 Å². The van der Waals surface area contributed by atoms with Gasteiger partial charge in [-0.2, -0.15) is 0 Å². The number of hydrogen-bond donors (Lipinski definition) is 1. The molecular weight excluding hydrogens is 426 g/mol. The molecule has 3 rings (SSSR count). The Labute approximate surface area is 193 Å². The van der Waals surface area contributed by atoms with E-state index in [9.17, 15) is 19.2 Å². The molecule has 2 fully saturated rings. The lowest BCUT2D eigenvalue weighted by molar-refractivity contribution is -0.129. The molecule has 0 aliphatic carbocycles. The van der Waals surface area contributed by atoms with Gasteiger partial charge < -0.3 is 10.2 Å². The largest absolute Gasteiger partial charge is 0.355 e. The van der Waals surface area contributed by atoms with Crippen molar-refractivity contribution in [2.45, 2.75) is 52.9 Å². The van der Waals surface area contributed by atoms with Crippen LogP contribution in [-0.2, 0) is 9.59 Å². The Hall–Kier alpha value is -2.61. The standard InChI is InChI=1S/C24H31N3O4S/c1-4-5-6-11-25-20(28)15-27-23(30)21(32-24(27)31)18-9-12-26(13-10-18)22(29)19-14-16(2)7-8-17(19)3/h7-8,14H,4-6,9-13,15H2,1-3H3,(H,25,28). The Morgan fingerprint density at radius 1 is 1.09 bits per heavy atom. The molecule has 0 saturated carbocycles. The van der Waals surface area contributed by atoms with Crippen LogP contribution in [0.25, 0.3) is 0 Å². The molecule has 2 saturated heterocycles. The predicted octanol–water partition coefficient (Wildman–Crippen LogP) is 3.80. The summed E-state index contributed by atoms with van der Waals surface area (Å²) in [6.07, 6.45) is 4.06. The number of rotatable bonds is 7. The lowest BCUT2D eigenvalue weighted by Crippen LogP contribution is -2.40. The molecule has 0 radical (unpaired) electrons. The van der Waals surface area contributed by atoms with Crippen LogP contribution in [0.5, 0.6) is 0 Å². The highest BCUT2D eigenvalue weighted by Crippen LogP contribution is 2.36. The molecule has 8 heteroatoms. The van der Waals surface area contributed by atoms with Crippen LogP contribution in [-0.4, -0.2) is 58.9 Å². The highest BCUT2D eigenvalue weighted by molar-refractivity contribution is 8.18. The highest BCUT2D eigenvalue weighted by atomic mass is 32.2. The number of likely N-dealkylation sites (tertiary alicyclic amines) is 1.